The third-order valence-electron chi connectivity index (χ3n) is 7.23. The van der Waals surface area contributed by atoms with Gasteiger partial charge >= 0.3 is 0 Å². The lowest BCUT2D eigenvalue weighted by Gasteiger charge is -2.12. The zero-order chi connectivity index (χ0) is 30.2. The minimum absolute atomic E-state index is 0.151. The number of fused-ring (bicyclic) bond motifs is 3. The number of hydrogen-bond donors (Lipinski definition) is 0. The van der Waals surface area contributed by atoms with E-state index in [1.54, 1.807) is 48.5 Å². The normalized spacial score (nSPS) is 11.6. The molecule has 44 heavy (non-hydrogen) atoms. The lowest BCUT2D eigenvalue weighted by atomic mass is 10.1. The van der Waals surface area contributed by atoms with Crippen LogP contribution < -0.4 is 10.3 Å². The molecule has 0 aliphatic heterocycles. The first-order valence-corrected chi connectivity index (χ1v) is 14.0. The van der Waals surface area contributed by atoms with Gasteiger partial charge in [-0.25, -0.2) is 4.98 Å². The summed E-state index contributed by atoms with van der Waals surface area (Å²) in [6.07, 6.45) is 1.35. The number of nitro groups is 1. The molecule has 9 nitrogen and oxygen atoms in total. The fourth-order valence-corrected chi connectivity index (χ4v) is 5.27. The summed E-state index contributed by atoms with van der Waals surface area (Å²) in [4.78, 5) is 29.6. The smallest absolute Gasteiger partial charge is 0.282 e. The average molecular weight is 601 g/mol. The summed E-state index contributed by atoms with van der Waals surface area (Å²) < 4.78 is 13.3. The van der Waals surface area contributed by atoms with Crippen LogP contribution in [0.15, 0.2) is 124 Å². The molecule has 2 aromatic heterocycles. The summed E-state index contributed by atoms with van der Waals surface area (Å²) in [5.41, 5.74) is 1.69. The first kappa shape index (κ1) is 27.1. The predicted molar refractivity (Wildman–Crippen MR) is 171 cm³/mol. The van der Waals surface area contributed by atoms with Crippen molar-refractivity contribution in [2.24, 2.45) is 5.10 Å². The van der Waals surface area contributed by atoms with Gasteiger partial charge in [-0.15, -0.1) is 0 Å². The number of nitrogens with zero attached hydrogens (tertiary/aromatic N) is 4. The lowest BCUT2D eigenvalue weighted by Crippen LogP contribution is -2.20. The van der Waals surface area contributed by atoms with Crippen molar-refractivity contribution >= 4 is 56.1 Å². The molecule has 7 rings (SSSR count). The van der Waals surface area contributed by atoms with Crippen LogP contribution in [0.2, 0.25) is 5.02 Å². The van der Waals surface area contributed by atoms with Crippen molar-refractivity contribution in [1.82, 2.24) is 9.66 Å². The molecule has 0 fully saturated rings. The number of nitro benzene ring substituents is 1. The van der Waals surface area contributed by atoms with Gasteiger partial charge in [0.15, 0.2) is 5.76 Å². The van der Waals surface area contributed by atoms with Gasteiger partial charge in [0.1, 0.15) is 17.9 Å². The maximum absolute atomic E-state index is 13.7. The number of halogens is 1. The van der Waals surface area contributed by atoms with Crippen LogP contribution >= 0.6 is 11.6 Å². The third-order valence-corrected chi connectivity index (χ3v) is 7.47. The third kappa shape index (κ3) is 5.05. The molecule has 0 aliphatic rings. The van der Waals surface area contributed by atoms with E-state index in [1.807, 2.05) is 42.5 Å². The molecule has 0 saturated heterocycles. The molecule has 0 radical (unpaired) electrons. The van der Waals surface area contributed by atoms with Gasteiger partial charge in [0.25, 0.3) is 11.2 Å². The van der Waals surface area contributed by atoms with E-state index in [4.69, 9.17) is 25.7 Å². The molecule has 0 aliphatic carbocycles. The number of rotatable bonds is 7. The molecular formula is C34H21ClN4O5. The molecule has 0 atom stereocenters. The lowest BCUT2D eigenvalue weighted by molar-refractivity contribution is -0.384. The fourth-order valence-electron chi connectivity index (χ4n) is 5.09. The molecule has 10 heteroatoms. The van der Waals surface area contributed by atoms with Crippen molar-refractivity contribution in [2.45, 2.75) is 6.61 Å². The van der Waals surface area contributed by atoms with Crippen molar-refractivity contribution < 1.29 is 14.1 Å². The Labute approximate surface area is 254 Å². The minimum atomic E-state index is -0.499. The quantitative estimate of drug-likeness (QED) is 0.104. The topological polar surface area (TPSA) is 113 Å². The highest BCUT2D eigenvalue weighted by molar-refractivity contribution is 6.31. The highest BCUT2D eigenvalue weighted by Gasteiger charge is 2.18. The van der Waals surface area contributed by atoms with E-state index < -0.39 is 10.5 Å². The Morgan fingerprint density at radius 1 is 0.909 bits per heavy atom. The molecule has 2 heterocycles. The Morgan fingerprint density at radius 3 is 2.57 bits per heavy atom. The van der Waals surface area contributed by atoms with Gasteiger partial charge in [-0.05, 0) is 58.8 Å². The number of furan rings is 1. The second kappa shape index (κ2) is 11.1. The maximum Gasteiger partial charge on any atom is 0.282 e. The van der Waals surface area contributed by atoms with Crippen LogP contribution in [0.1, 0.15) is 11.1 Å². The van der Waals surface area contributed by atoms with Crippen LogP contribution in [-0.4, -0.2) is 20.8 Å². The highest BCUT2D eigenvalue weighted by atomic mass is 35.5. The molecule has 0 amide bonds. The number of aromatic nitrogens is 2. The monoisotopic (exact) mass is 600 g/mol. The zero-order valence-corrected chi connectivity index (χ0v) is 23.6. The molecule has 7 aromatic rings. The summed E-state index contributed by atoms with van der Waals surface area (Å²) in [5.74, 6) is 0.809. The van der Waals surface area contributed by atoms with Gasteiger partial charge in [-0.2, -0.15) is 9.78 Å². The number of para-hydroxylation sites is 1. The fraction of sp³-hybridized carbons (Fsp3) is 0.0294. The Bertz CT molecular complexity index is 2320. The van der Waals surface area contributed by atoms with E-state index >= 15 is 0 Å². The number of hydrogen-bond acceptors (Lipinski definition) is 7. The average Bonchev–Trinajstić information content (AvgIpc) is 3.46. The standard InChI is InChI=1S/C34H21ClN4O5/c35-25-12-14-31-23(16-25)18-32(44-31)33-37-29-11-4-3-10-28(29)34(40)38(33)36-19-24-17-26(39(41)42)13-15-30(24)43-20-22-8-5-7-21-6-1-2-9-27(21)22/h1-19H,20H2. The molecular weight excluding hydrogens is 580 g/mol. The molecule has 5 aromatic carbocycles. The predicted octanol–water partition coefficient (Wildman–Crippen LogP) is 7.99. The Balaban J connectivity index is 1.33. The molecule has 0 saturated carbocycles. The summed E-state index contributed by atoms with van der Waals surface area (Å²) in [5, 5.41) is 19.9. The Kier molecular flexibility index (Phi) is 6.84. The maximum atomic E-state index is 13.7. The van der Waals surface area contributed by atoms with Crippen LogP contribution in [0.3, 0.4) is 0 Å². The van der Waals surface area contributed by atoms with Crippen LogP contribution in [-0.2, 0) is 6.61 Å². The first-order valence-electron chi connectivity index (χ1n) is 13.6. The second-order valence-electron chi connectivity index (χ2n) is 10.0. The summed E-state index contributed by atoms with van der Waals surface area (Å²) >= 11 is 6.17. The Hall–Kier alpha value is -5.80. The van der Waals surface area contributed by atoms with Crippen molar-refractivity contribution in [3.63, 3.8) is 0 Å². The highest BCUT2D eigenvalue weighted by Crippen LogP contribution is 2.30. The SMILES string of the molecule is O=c1c2ccccc2nc(-c2cc3cc(Cl)ccc3o2)n1N=Cc1cc([N+](=O)[O-])ccc1OCc1cccc2ccccc12. The molecule has 0 unspecified atom stereocenters. The molecule has 0 bridgehead atoms. The van der Waals surface area contributed by atoms with Crippen molar-refractivity contribution in [2.75, 3.05) is 0 Å². The van der Waals surface area contributed by atoms with E-state index in [0.29, 0.717) is 38.6 Å². The number of ether oxygens (including phenoxy) is 1. The number of non-ortho nitro benzene ring substituents is 1. The van der Waals surface area contributed by atoms with E-state index in [2.05, 4.69) is 5.10 Å². The van der Waals surface area contributed by atoms with Crippen LogP contribution in [0.25, 0.3) is 44.2 Å². The van der Waals surface area contributed by atoms with Gasteiger partial charge < -0.3 is 9.15 Å². The first-order chi connectivity index (χ1) is 21.4. The van der Waals surface area contributed by atoms with Gasteiger partial charge in [0, 0.05) is 28.1 Å². The van der Waals surface area contributed by atoms with Crippen LogP contribution in [0.5, 0.6) is 5.75 Å². The summed E-state index contributed by atoms with van der Waals surface area (Å²) in [7, 11) is 0. The van der Waals surface area contributed by atoms with E-state index in [1.165, 1.54) is 24.4 Å². The van der Waals surface area contributed by atoms with Gasteiger partial charge in [-0.3, -0.25) is 14.9 Å². The molecule has 0 spiro atoms. The van der Waals surface area contributed by atoms with Crippen molar-refractivity contribution in [3.05, 3.63) is 146 Å². The minimum Gasteiger partial charge on any atom is -0.488 e. The number of benzene rings is 5. The van der Waals surface area contributed by atoms with Gasteiger partial charge in [-0.1, -0.05) is 66.2 Å². The molecule has 0 N–H and O–H groups in total. The van der Waals surface area contributed by atoms with E-state index in [-0.39, 0.29) is 18.1 Å². The van der Waals surface area contributed by atoms with Crippen molar-refractivity contribution in [1.29, 1.82) is 0 Å². The van der Waals surface area contributed by atoms with Gasteiger partial charge in [0.05, 0.1) is 22.0 Å². The van der Waals surface area contributed by atoms with E-state index in [0.717, 1.165) is 26.4 Å². The largest absolute Gasteiger partial charge is 0.488 e. The van der Waals surface area contributed by atoms with Crippen LogP contribution in [0.4, 0.5) is 5.69 Å². The van der Waals surface area contributed by atoms with E-state index in [9.17, 15) is 14.9 Å². The Morgan fingerprint density at radius 2 is 1.70 bits per heavy atom. The summed E-state index contributed by atoms with van der Waals surface area (Å²) in [6, 6.07) is 32.0. The second-order valence-corrected chi connectivity index (χ2v) is 10.4. The molecule has 214 valence electrons. The van der Waals surface area contributed by atoms with Gasteiger partial charge in [0.2, 0.25) is 5.82 Å². The van der Waals surface area contributed by atoms with Crippen LogP contribution in [0, 0.1) is 10.1 Å². The zero-order valence-electron chi connectivity index (χ0n) is 22.9. The summed E-state index contributed by atoms with van der Waals surface area (Å²) in [6.45, 7) is 0.213. The van der Waals surface area contributed by atoms with Crippen molar-refractivity contribution in [3.8, 4) is 17.3 Å².